The van der Waals surface area contributed by atoms with Crippen LogP contribution in [-0.4, -0.2) is 18.4 Å². The molecular weight excluding hydrogens is 365 g/mol. The van der Waals surface area contributed by atoms with E-state index in [1.54, 1.807) is 36.8 Å². The summed E-state index contributed by atoms with van der Waals surface area (Å²) >= 11 is 5.66. The van der Waals surface area contributed by atoms with Crippen molar-refractivity contribution in [3.8, 4) is 11.3 Å². The summed E-state index contributed by atoms with van der Waals surface area (Å²) in [5, 5.41) is -0.250. The molecular formula is C17H13ClFN3O2S. The van der Waals surface area contributed by atoms with Gasteiger partial charge in [0.05, 0.1) is 15.6 Å². The Labute approximate surface area is 149 Å². The van der Waals surface area contributed by atoms with Crippen molar-refractivity contribution >= 4 is 21.6 Å². The maximum Gasteiger partial charge on any atom is 0.240 e. The molecule has 0 spiro atoms. The van der Waals surface area contributed by atoms with E-state index in [1.165, 1.54) is 0 Å². The highest BCUT2D eigenvalue weighted by Crippen LogP contribution is 2.22. The van der Waals surface area contributed by atoms with Crippen molar-refractivity contribution in [2.45, 2.75) is 11.4 Å². The number of nitrogens with one attached hydrogen (secondary N) is 1. The van der Waals surface area contributed by atoms with Gasteiger partial charge in [-0.25, -0.2) is 17.5 Å². The third kappa shape index (κ3) is 4.01. The van der Waals surface area contributed by atoms with E-state index in [1.807, 2.05) is 6.07 Å². The Bertz CT molecular complexity index is 998. The van der Waals surface area contributed by atoms with Crippen LogP contribution in [0.15, 0.2) is 66.0 Å². The quantitative estimate of drug-likeness (QED) is 0.739. The van der Waals surface area contributed by atoms with Gasteiger partial charge in [0, 0.05) is 30.7 Å². The third-order valence-corrected chi connectivity index (χ3v) is 5.17. The van der Waals surface area contributed by atoms with Gasteiger partial charge in [0.25, 0.3) is 0 Å². The molecule has 0 saturated heterocycles. The second kappa shape index (κ2) is 7.26. The zero-order valence-electron chi connectivity index (χ0n) is 12.9. The van der Waals surface area contributed by atoms with Gasteiger partial charge in [0.2, 0.25) is 10.0 Å². The summed E-state index contributed by atoms with van der Waals surface area (Å²) in [5.74, 6) is -0.674. The molecule has 128 valence electrons. The predicted octanol–water partition coefficient (Wildman–Crippen LogP) is 3.41. The number of aromatic nitrogens is 2. The SMILES string of the molecule is O=S(=O)(NCc1cccnc1-c1cccnc1)c1ccc(F)c(Cl)c1. The lowest BCUT2D eigenvalue weighted by atomic mass is 10.1. The van der Waals surface area contributed by atoms with Gasteiger partial charge in [0.1, 0.15) is 5.82 Å². The molecule has 0 aliphatic carbocycles. The van der Waals surface area contributed by atoms with E-state index in [4.69, 9.17) is 11.6 Å². The van der Waals surface area contributed by atoms with Crippen LogP contribution in [0.5, 0.6) is 0 Å². The van der Waals surface area contributed by atoms with Gasteiger partial charge in [-0.3, -0.25) is 9.97 Å². The van der Waals surface area contributed by atoms with Gasteiger partial charge in [-0.1, -0.05) is 17.7 Å². The summed E-state index contributed by atoms with van der Waals surface area (Å²) in [6.45, 7) is 0.0232. The molecule has 1 N–H and O–H groups in total. The van der Waals surface area contributed by atoms with Gasteiger partial charge in [-0.15, -0.1) is 0 Å². The van der Waals surface area contributed by atoms with Crippen molar-refractivity contribution in [1.82, 2.24) is 14.7 Å². The molecule has 0 unspecified atom stereocenters. The Hall–Kier alpha value is -2.35. The van der Waals surface area contributed by atoms with Crippen molar-refractivity contribution in [2.75, 3.05) is 0 Å². The number of rotatable bonds is 5. The highest BCUT2D eigenvalue weighted by atomic mass is 35.5. The normalized spacial score (nSPS) is 11.4. The summed E-state index contributed by atoms with van der Waals surface area (Å²) in [4.78, 5) is 8.24. The largest absolute Gasteiger partial charge is 0.264 e. The first kappa shape index (κ1) is 17.5. The van der Waals surface area contributed by atoms with Crippen LogP contribution in [0.1, 0.15) is 5.56 Å². The van der Waals surface area contributed by atoms with E-state index in [0.717, 1.165) is 23.8 Å². The summed E-state index contributed by atoms with van der Waals surface area (Å²) in [6, 6.07) is 10.4. The number of nitrogens with zero attached hydrogens (tertiary/aromatic N) is 2. The topological polar surface area (TPSA) is 72.0 Å². The van der Waals surface area contributed by atoms with Crippen LogP contribution in [0, 0.1) is 5.82 Å². The Balaban J connectivity index is 1.85. The van der Waals surface area contributed by atoms with Crippen molar-refractivity contribution in [3.05, 3.63) is 77.5 Å². The first-order chi connectivity index (χ1) is 12.0. The van der Waals surface area contributed by atoms with E-state index in [-0.39, 0.29) is 16.5 Å². The zero-order valence-corrected chi connectivity index (χ0v) is 14.4. The van der Waals surface area contributed by atoms with Crippen molar-refractivity contribution in [1.29, 1.82) is 0 Å². The van der Waals surface area contributed by atoms with Crippen LogP contribution in [0.3, 0.4) is 0 Å². The second-order valence-electron chi connectivity index (χ2n) is 5.15. The minimum Gasteiger partial charge on any atom is -0.264 e. The number of pyridine rings is 2. The molecule has 2 heterocycles. The first-order valence-corrected chi connectivity index (χ1v) is 9.12. The maximum absolute atomic E-state index is 13.2. The molecule has 2 aromatic heterocycles. The Morgan fingerprint density at radius 3 is 2.64 bits per heavy atom. The monoisotopic (exact) mass is 377 g/mol. The fraction of sp³-hybridized carbons (Fsp3) is 0.0588. The molecule has 0 saturated carbocycles. The lowest BCUT2D eigenvalue weighted by Gasteiger charge is -2.10. The van der Waals surface area contributed by atoms with Gasteiger partial charge < -0.3 is 0 Å². The summed E-state index contributed by atoms with van der Waals surface area (Å²) in [5.41, 5.74) is 2.10. The van der Waals surface area contributed by atoms with E-state index in [2.05, 4.69) is 14.7 Å². The molecule has 3 rings (SSSR count). The van der Waals surface area contributed by atoms with Crippen molar-refractivity contribution in [2.24, 2.45) is 0 Å². The van der Waals surface area contributed by atoms with Crippen LogP contribution in [-0.2, 0) is 16.6 Å². The molecule has 0 amide bonds. The molecule has 0 bridgehead atoms. The van der Waals surface area contributed by atoms with Gasteiger partial charge in [-0.2, -0.15) is 0 Å². The van der Waals surface area contributed by atoms with E-state index >= 15 is 0 Å². The minimum absolute atomic E-state index is 0.0232. The van der Waals surface area contributed by atoms with E-state index < -0.39 is 15.8 Å². The third-order valence-electron chi connectivity index (χ3n) is 3.48. The average molecular weight is 378 g/mol. The Kier molecular flexibility index (Phi) is 5.08. The van der Waals surface area contributed by atoms with Crippen molar-refractivity contribution < 1.29 is 12.8 Å². The fourth-order valence-electron chi connectivity index (χ4n) is 2.24. The summed E-state index contributed by atoms with van der Waals surface area (Å²) in [7, 11) is -3.84. The summed E-state index contributed by atoms with van der Waals surface area (Å²) in [6.07, 6.45) is 4.92. The van der Waals surface area contributed by atoms with Crippen LogP contribution in [0.2, 0.25) is 5.02 Å². The number of sulfonamides is 1. The molecule has 1 aromatic carbocycles. The fourth-order valence-corrected chi connectivity index (χ4v) is 3.52. The van der Waals surface area contributed by atoms with Gasteiger partial charge in [0.15, 0.2) is 0 Å². The number of hydrogen-bond donors (Lipinski definition) is 1. The molecule has 0 atom stereocenters. The molecule has 8 heteroatoms. The standard InChI is InChI=1S/C17H13ClFN3O2S/c18-15-9-14(5-6-16(15)19)25(23,24)22-11-13-4-2-8-21-17(13)12-3-1-7-20-10-12/h1-10,22H,11H2. The minimum atomic E-state index is -3.84. The van der Waals surface area contributed by atoms with Crippen LogP contribution in [0.25, 0.3) is 11.3 Å². The highest BCUT2D eigenvalue weighted by molar-refractivity contribution is 7.89. The number of benzene rings is 1. The lowest BCUT2D eigenvalue weighted by Crippen LogP contribution is -2.23. The van der Waals surface area contributed by atoms with Gasteiger partial charge >= 0.3 is 0 Å². The summed E-state index contributed by atoms with van der Waals surface area (Å²) < 4.78 is 40.5. The highest BCUT2D eigenvalue weighted by Gasteiger charge is 2.17. The first-order valence-electron chi connectivity index (χ1n) is 7.26. The van der Waals surface area contributed by atoms with Crippen molar-refractivity contribution in [3.63, 3.8) is 0 Å². The van der Waals surface area contributed by atoms with Crippen LogP contribution in [0.4, 0.5) is 4.39 Å². The Morgan fingerprint density at radius 1 is 1.12 bits per heavy atom. The predicted molar refractivity (Wildman–Crippen MR) is 92.9 cm³/mol. The smallest absolute Gasteiger partial charge is 0.240 e. The molecule has 3 aromatic rings. The number of halogens is 2. The number of hydrogen-bond acceptors (Lipinski definition) is 4. The maximum atomic E-state index is 13.2. The van der Waals surface area contributed by atoms with E-state index in [0.29, 0.717) is 11.3 Å². The van der Waals surface area contributed by atoms with E-state index in [9.17, 15) is 12.8 Å². The van der Waals surface area contributed by atoms with Crippen LogP contribution < -0.4 is 4.72 Å². The second-order valence-corrected chi connectivity index (χ2v) is 7.33. The molecule has 0 fully saturated rings. The molecule has 5 nitrogen and oxygen atoms in total. The van der Waals surface area contributed by atoms with Gasteiger partial charge in [-0.05, 0) is 42.0 Å². The molecule has 0 radical (unpaired) electrons. The molecule has 0 aliphatic heterocycles. The average Bonchev–Trinajstić information content (AvgIpc) is 2.63. The Morgan fingerprint density at radius 2 is 1.92 bits per heavy atom. The molecule has 0 aliphatic rings. The molecule has 25 heavy (non-hydrogen) atoms. The lowest BCUT2D eigenvalue weighted by molar-refractivity contribution is 0.580. The van der Waals surface area contributed by atoms with Crippen LogP contribution >= 0.6 is 11.6 Å². The zero-order chi connectivity index (χ0) is 17.9.